The Bertz CT molecular complexity index is 778. The van der Waals surface area contributed by atoms with Gasteiger partial charge in [0.1, 0.15) is 0 Å². The number of ether oxygens (including phenoxy) is 1. The van der Waals surface area contributed by atoms with Crippen LogP contribution in [-0.4, -0.2) is 16.1 Å². The van der Waals surface area contributed by atoms with Gasteiger partial charge in [-0.3, -0.25) is 0 Å². The van der Waals surface area contributed by atoms with Crippen molar-refractivity contribution in [2.75, 3.05) is 0 Å². The quantitative estimate of drug-likeness (QED) is 0.492. The Morgan fingerprint density at radius 1 is 0.931 bits per heavy atom. The van der Waals surface area contributed by atoms with Crippen molar-refractivity contribution in [1.82, 2.24) is 0 Å². The molecule has 6 rings (SSSR count). The van der Waals surface area contributed by atoms with Crippen molar-refractivity contribution in [1.29, 1.82) is 0 Å². The number of rotatable bonds is 3. The summed E-state index contributed by atoms with van der Waals surface area (Å²) in [5, 5.41) is 2.06. The Kier molecular flexibility index (Phi) is 4.32. The maximum Gasteiger partial charge on any atom is 0.0724 e. The molecule has 0 N–H and O–H groups in total. The monoisotopic (exact) mass is 410 g/mol. The minimum Gasteiger partial charge on any atom is -0.370 e. The van der Waals surface area contributed by atoms with Gasteiger partial charge >= 0.3 is 0 Å². The molecule has 29 heavy (non-hydrogen) atoms. The van der Waals surface area contributed by atoms with E-state index in [4.69, 9.17) is 4.74 Å². The van der Waals surface area contributed by atoms with Crippen LogP contribution in [-0.2, 0) is 11.3 Å². The maximum absolute atomic E-state index is 6.78. The summed E-state index contributed by atoms with van der Waals surface area (Å²) in [7, 11) is 0. The first-order valence-corrected chi connectivity index (χ1v) is 13.2. The highest BCUT2D eigenvalue weighted by Gasteiger charge is 2.65. The molecule has 1 aromatic rings. The van der Waals surface area contributed by atoms with Crippen molar-refractivity contribution in [2.24, 2.45) is 34.5 Å². The minimum atomic E-state index is 0.0419. The lowest BCUT2D eigenvalue weighted by Crippen LogP contribution is -2.56. The molecule has 0 amide bonds. The second-order valence-electron chi connectivity index (χ2n) is 11.8. The molecule has 5 fully saturated rings. The van der Waals surface area contributed by atoms with Gasteiger partial charge in [0.25, 0.3) is 0 Å². The molecule has 4 unspecified atom stereocenters. The number of thioether (sulfide) groups is 1. The van der Waals surface area contributed by atoms with Crippen LogP contribution >= 0.6 is 11.8 Å². The molecule has 9 atom stereocenters. The first-order chi connectivity index (χ1) is 13.9. The molecule has 0 aromatic heterocycles. The minimum absolute atomic E-state index is 0.0419. The largest absolute Gasteiger partial charge is 0.370 e. The van der Waals surface area contributed by atoms with Gasteiger partial charge in [0.2, 0.25) is 0 Å². The summed E-state index contributed by atoms with van der Waals surface area (Å²) < 4.78 is 6.78. The zero-order valence-corrected chi connectivity index (χ0v) is 19.3. The van der Waals surface area contributed by atoms with Crippen molar-refractivity contribution in [3.8, 4) is 0 Å². The van der Waals surface area contributed by atoms with Crippen LogP contribution in [0.1, 0.15) is 77.7 Å². The molecule has 1 aromatic carbocycles. The fraction of sp³-hybridized carbons (Fsp3) is 0.778. The van der Waals surface area contributed by atoms with Gasteiger partial charge in [-0.2, -0.15) is 11.8 Å². The highest BCUT2D eigenvalue weighted by Crippen LogP contribution is 2.71. The zero-order valence-electron chi connectivity index (χ0n) is 18.5. The Morgan fingerprint density at radius 3 is 2.55 bits per heavy atom. The normalized spacial score (nSPS) is 52.8. The summed E-state index contributed by atoms with van der Waals surface area (Å²) in [5.74, 6) is 3.84. The molecule has 1 heterocycles. The number of hydrogen-bond donors (Lipinski definition) is 0. The van der Waals surface area contributed by atoms with Crippen LogP contribution in [0, 0.1) is 34.5 Å². The van der Waals surface area contributed by atoms with Crippen LogP contribution in [0.15, 0.2) is 30.3 Å². The molecule has 1 nitrogen and oxygen atoms in total. The fourth-order valence-corrected chi connectivity index (χ4v) is 10.2. The second kappa shape index (κ2) is 6.52. The molecular weight excluding hydrogens is 372 g/mol. The summed E-state index contributed by atoms with van der Waals surface area (Å²) >= 11 is 2.31. The van der Waals surface area contributed by atoms with Crippen LogP contribution in [0.25, 0.3) is 0 Å². The van der Waals surface area contributed by atoms with Gasteiger partial charge in [-0.05, 0) is 98.4 Å². The highest BCUT2D eigenvalue weighted by molar-refractivity contribution is 8.07. The van der Waals surface area contributed by atoms with Gasteiger partial charge in [-0.25, -0.2) is 0 Å². The number of hydrogen-bond acceptors (Lipinski definition) is 2. The second-order valence-corrected chi connectivity index (χ2v) is 13.3. The molecule has 2 heteroatoms. The third-order valence-electron chi connectivity index (χ3n) is 10.8. The van der Waals surface area contributed by atoms with Gasteiger partial charge in [0, 0.05) is 10.5 Å². The van der Waals surface area contributed by atoms with Crippen LogP contribution in [0.3, 0.4) is 0 Å². The van der Waals surface area contributed by atoms with Gasteiger partial charge in [-0.15, -0.1) is 0 Å². The van der Waals surface area contributed by atoms with Gasteiger partial charge in [0.15, 0.2) is 0 Å². The molecule has 0 bridgehead atoms. The third-order valence-corrected chi connectivity index (χ3v) is 12.2. The van der Waals surface area contributed by atoms with E-state index in [9.17, 15) is 0 Å². The number of benzene rings is 1. The molecular formula is C27H38OS. The Labute approximate surface area is 181 Å². The highest BCUT2D eigenvalue weighted by atomic mass is 32.2. The van der Waals surface area contributed by atoms with E-state index in [2.05, 4.69) is 62.9 Å². The van der Waals surface area contributed by atoms with E-state index in [-0.39, 0.29) is 5.60 Å². The lowest BCUT2D eigenvalue weighted by Gasteiger charge is -2.61. The van der Waals surface area contributed by atoms with E-state index in [1.807, 2.05) is 0 Å². The molecule has 0 spiro atoms. The Morgan fingerprint density at radius 2 is 1.72 bits per heavy atom. The SMILES string of the molecule is CC1(OCc2ccccc2)CC[C@H]2[C@@H]3CCC4CC5SC5C[C@]4(C)[C@@H]3CC[C@@]21C. The molecule has 4 aliphatic carbocycles. The van der Waals surface area contributed by atoms with E-state index < -0.39 is 0 Å². The van der Waals surface area contributed by atoms with E-state index in [1.54, 1.807) is 0 Å². The van der Waals surface area contributed by atoms with E-state index >= 15 is 0 Å². The smallest absolute Gasteiger partial charge is 0.0724 e. The van der Waals surface area contributed by atoms with E-state index in [1.165, 1.54) is 56.9 Å². The van der Waals surface area contributed by atoms with Crippen LogP contribution < -0.4 is 0 Å². The zero-order chi connectivity index (χ0) is 19.9. The maximum atomic E-state index is 6.78. The van der Waals surface area contributed by atoms with Crippen LogP contribution in [0.2, 0.25) is 0 Å². The molecule has 1 aliphatic heterocycles. The molecule has 4 saturated carbocycles. The summed E-state index contributed by atoms with van der Waals surface area (Å²) in [6.07, 6.45) is 11.6. The van der Waals surface area contributed by atoms with E-state index in [0.717, 1.165) is 40.8 Å². The predicted octanol–water partition coefficient (Wildman–Crippen LogP) is 7.10. The van der Waals surface area contributed by atoms with Crippen LogP contribution in [0.4, 0.5) is 0 Å². The summed E-state index contributed by atoms with van der Waals surface area (Å²) in [5.41, 5.74) is 2.36. The molecule has 0 radical (unpaired) electrons. The van der Waals surface area contributed by atoms with E-state index in [0.29, 0.717) is 10.8 Å². The fourth-order valence-electron chi connectivity index (χ4n) is 8.80. The first kappa shape index (κ1) is 19.2. The summed E-state index contributed by atoms with van der Waals surface area (Å²) in [6, 6.07) is 10.8. The van der Waals surface area contributed by atoms with Crippen LogP contribution in [0.5, 0.6) is 0 Å². The average molecular weight is 411 g/mol. The molecule has 5 aliphatic rings. The Balaban J connectivity index is 1.23. The van der Waals surface area contributed by atoms with Crippen molar-refractivity contribution < 1.29 is 4.74 Å². The van der Waals surface area contributed by atoms with Crippen molar-refractivity contribution in [3.05, 3.63) is 35.9 Å². The summed E-state index contributed by atoms with van der Waals surface area (Å²) in [6.45, 7) is 8.55. The van der Waals surface area contributed by atoms with Crippen molar-refractivity contribution >= 4 is 11.8 Å². The third kappa shape index (κ3) is 2.77. The van der Waals surface area contributed by atoms with Gasteiger partial charge < -0.3 is 4.74 Å². The van der Waals surface area contributed by atoms with Gasteiger partial charge in [-0.1, -0.05) is 44.2 Å². The lowest BCUT2D eigenvalue weighted by atomic mass is 9.44. The average Bonchev–Trinajstić information content (AvgIpc) is 3.41. The standard InChI is InChI=1S/C27H38OS/c1-25-16-24-23(29-24)15-19(25)9-10-20-21(25)11-13-26(2)22(20)12-14-27(26,3)28-17-18-7-5-4-6-8-18/h4-8,19-24H,9-17H2,1-3H3/t19?,20-,21-,22+,23?,24?,25+,26+,27?/m1/s1. The number of fused-ring (bicyclic) bond motifs is 6. The predicted molar refractivity (Wildman–Crippen MR) is 122 cm³/mol. The van der Waals surface area contributed by atoms with Crippen molar-refractivity contribution in [3.63, 3.8) is 0 Å². The molecule has 1 saturated heterocycles. The first-order valence-electron chi connectivity index (χ1n) is 12.3. The van der Waals surface area contributed by atoms with Crippen molar-refractivity contribution in [2.45, 2.75) is 94.8 Å². The lowest BCUT2D eigenvalue weighted by molar-refractivity contribution is -0.169. The summed E-state index contributed by atoms with van der Waals surface area (Å²) in [4.78, 5) is 0. The topological polar surface area (TPSA) is 9.23 Å². The molecule has 158 valence electrons. The van der Waals surface area contributed by atoms with Gasteiger partial charge in [0.05, 0.1) is 12.2 Å². The Hall–Kier alpha value is -0.470.